The molecule has 29 heavy (non-hydrogen) atoms. The Kier molecular flexibility index (Phi) is 5.32. The lowest BCUT2D eigenvalue weighted by atomic mass is 9.73. The summed E-state index contributed by atoms with van der Waals surface area (Å²) in [4.78, 5) is 27.1. The number of nitrogens with zero attached hydrogens (tertiary/aromatic N) is 2. The van der Waals surface area contributed by atoms with E-state index in [1.165, 1.54) is 6.07 Å². The van der Waals surface area contributed by atoms with Crippen LogP contribution in [0.15, 0.2) is 36.4 Å². The molecule has 0 saturated carbocycles. The van der Waals surface area contributed by atoms with Crippen LogP contribution in [0.3, 0.4) is 0 Å². The minimum atomic E-state index is -0.785. The van der Waals surface area contributed by atoms with Gasteiger partial charge in [-0.1, -0.05) is 23.7 Å². The first-order valence-corrected chi connectivity index (χ1v) is 10.2. The highest BCUT2D eigenvalue weighted by Crippen LogP contribution is 2.43. The lowest BCUT2D eigenvalue weighted by Crippen LogP contribution is -2.50. The van der Waals surface area contributed by atoms with Gasteiger partial charge in [-0.25, -0.2) is 0 Å². The molecule has 0 spiro atoms. The molecule has 2 aromatic rings. The second kappa shape index (κ2) is 7.76. The molecule has 2 heterocycles. The molecule has 0 bridgehead atoms. The molecule has 0 unspecified atom stereocenters. The van der Waals surface area contributed by atoms with Gasteiger partial charge in [-0.05, 0) is 68.6 Å². The first-order chi connectivity index (χ1) is 13.9. The van der Waals surface area contributed by atoms with Crippen molar-refractivity contribution in [3.8, 4) is 5.75 Å². The highest BCUT2D eigenvalue weighted by Gasteiger charge is 2.47. The van der Waals surface area contributed by atoms with E-state index in [2.05, 4.69) is 4.90 Å². The largest absolute Gasteiger partial charge is 0.485 e. The molecule has 7 heteroatoms. The third kappa shape index (κ3) is 3.87. The van der Waals surface area contributed by atoms with Crippen molar-refractivity contribution in [2.45, 2.75) is 26.2 Å². The maximum absolute atomic E-state index is 13.8. The van der Waals surface area contributed by atoms with Crippen LogP contribution in [0, 0.1) is 22.5 Å². The predicted molar refractivity (Wildman–Crippen MR) is 111 cm³/mol. The smallest absolute Gasteiger partial charge is 0.311 e. The molecule has 0 N–H and O–H groups in total. The van der Waals surface area contributed by atoms with E-state index in [-0.39, 0.29) is 23.8 Å². The molecule has 0 aliphatic carbocycles. The van der Waals surface area contributed by atoms with Gasteiger partial charge < -0.3 is 9.64 Å². The number of hydrogen-bond acceptors (Lipinski definition) is 5. The molecule has 6 nitrogen and oxygen atoms in total. The summed E-state index contributed by atoms with van der Waals surface area (Å²) in [5.74, 6) is 0.0196. The average molecular weight is 415 g/mol. The zero-order valence-electron chi connectivity index (χ0n) is 16.3. The molecule has 0 radical (unpaired) electrons. The van der Waals surface area contributed by atoms with E-state index in [4.69, 9.17) is 16.3 Å². The standard InChI is InChI=1S/C22H23ClN2O4/c1-15-10-18-20(19(11-15)25(27)28)29-14-22(21(18)26,13-24-8-2-3-9-24)12-16-4-6-17(23)7-5-16/h4-7,10-11H,2-3,8-9,12-14H2,1H3/t22-/m1/s1. The summed E-state index contributed by atoms with van der Waals surface area (Å²) in [6.45, 7) is 4.38. The van der Waals surface area contributed by atoms with Crippen LogP contribution in [-0.2, 0) is 6.42 Å². The Morgan fingerprint density at radius 2 is 1.90 bits per heavy atom. The number of nitro groups is 1. The van der Waals surface area contributed by atoms with Crippen molar-refractivity contribution in [1.82, 2.24) is 4.90 Å². The number of hydrogen-bond donors (Lipinski definition) is 0. The number of likely N-dealkylation sites (tertiary alicyclic amines) is 1. The summed E-state index contributed by atoms with van der Waals surface area (Å²) in [6.07, 6.45) is 2.74. The van der Waals surface area contributed by atoms with Crippen molar-refractivity contribution in [1.29, 1.82) is 0 Å². The van der Waals surface area contributed by atoms with Crippen molar-refractivity contribution in [3.05, 3.63) is 68.2 Å². The number of carbonyl (C=O) groups excluding carboxylic acids is 1. The third-order valence-electron chi connectivity index (χ3n) is 5.81. The lowest BCUT2D eigenvalue weighted by Gasteiger charge is -2.39. The molecule has 0 aromatic heterocycles. The summed E-state index contributed by atoms with van der Waals surface area (Å²) in [5, 5.41) is 12.1. The van der Waals surface area contributed by atoms with Gasteiger partial charge in [0.2, 0.25) is 5.75 Å². The summed E-state index contributed by atoms with van der Waals surface area (Å²) in [7, 11) is 0. The molecule has 152 valence electrons. The lowest BCUT2D eigenvalue weighted by molar-refractivity contribution is -0.386. The topological polar surface area (TPSA) is 72.7 Å². The van der Waals surface area contributed by atoms with E-state index in [9.17, 15) is 14.9 Å². The quantitative estimate of drug-likeness (QED) is 0.533. The maximum atomic E-state index is 13.8. The fraction of sp³-hybridized carbons (Fsp3) is 0.409. The Morgan fingerprint density at radius 1 is 1.21 bits per heavy atom. The van der Waals surface area contributed by atoms with Gasteiger partial charge in [0.25, 0.3) is 0 Å². The van der Waals surface area contributed by atoms with E-state index in [0.29, 0.717) is 29.1 Å². The number of carbonyl (C=O) groups is 1. The van der Waals surface area contributed by atoms with Gasteiger partial charge in [0, 0.05) is 17.6 Å². The summed E-state index contributed by atoms with van der Waals surface area (Å²) >= 11 is 6.02. The molecule has 2 aliphatic heterocycles. The van der Waals surface area contributed by atoms with Gasteiger partial charge in [0.05, 0.1) is 15.9 Å². The Hall–Kier alpha value is -2.44. The minimum Gasteiger partial charge on any atom is -0.485 e. The van der Waals surface area contributed by atoms with Crippen LogP contribution < -0.4 is 4.74 Å². The molecular formula is C22H23ClN2O4. The highest BCUT2D eigenvalue weighted by atomic mass is 35.5. The van der Waals surface area contributed by atoms with Crippen LogP contribution in [0.2, 0.25) is 5.02 Å². The Balaban J connectivity index is 1.76. The fourth-order valence-electron chi connectivity index (χ4n) is 4.44. The molecule has 1 fully saturated rings. The molecule has 2 aromatic carbocycles. The SMILES string of the molecule is Cc1cc2c(c([N+](=O)[O-])c1)OC[C@@](Cc1ccc(Cl)cc1)(CN1CCCC1)C2=O. The van der Waals surface area contributed by atoms with Gasteiger partial charge in [0.1, 0.15) is 6.61 Å². The van der Waals surface area contributed by atoms with Crippen LogP contribution in [0.25, 0.3) is 0 Å². The van der Waals surface area contributed by atoms with Crippen molar-refractivity contribution in [3.63, 3.8) is 0 Å². The Labute approximate surface area is 174 Å². The number of ether oxygens (including phenoxy) is 1. The predicted octanol–water partition coefficient (Wildman–Crippen LogP) is 4.46. The van der Waals surface area contributed by atoms with Crippen LogP contribution in [0.5, 0.6) is 5.75 Å². The van der Waals surface area contributed by atoms with Gasteiger partial charge in [-0.2, -0.15) is 0 Å². The monoisotopic (exact) mass is 414 g/mol. The van der Waals surface area contributed by atoms with Crippen molar-refractivity contribution < 1.29 is 14.5 Å². The van der Waals surface area contributed by atoms with Gasteiger partial charge in [-0.3, -0.25) is 14.9 Å². The number of nitro benzene ring substituents is 1. The molecule has 1 atom stereocenters. The number of rotatable bonds is 5. The third-order valence-corrected chi connectivity index (χ3v) is 6.06. The minimum absolute atomic E-state index is 0.0765. The first-order valence-electron chi connectivity index (χ1n) is 9.81. The zero-order chi connectivity index (χ0) is 20.6. The first kappa shape index (κ1) is 19.9. The fourth-order valence-corrected chi connectivity index (χ4v) is 4.56. The van der Waals surface area contributed by atoms with E-state index in [0.717, 1.165) is 31.5 Å². The van der Waals surface area contributed by atoms with Crippen molar-refractivity contribution in [2.75, 3.05) is 26.2 Å². The number of aryl methyl sites for hydroxylation is 1. The second-order valence-corrected chi connectivity index (χ2v) is 8.54. The number of fused-ring (bicyclic) bond motifs is 1. The number of benzene rings is 2. The van der Waals surface area contributed by atoms with Gasteiger partial charge >= 0.3 is 5.69 Å². The number of halogens is 1. The highest BCUT2D eigenvalue weighted by molar-refractivity contribution is 6.30. The van der Waals surface area contributed by atoms with Crippen LogP contribution in [0.4, 0.5) is 5.69 Å². The van der Waals surface area contributed by atoms with E-state index < -0.39 is 10.3 Å². The number of Topliss-reactive ketones (excluding diaryl/α,β-unsaturated/α-hetero) is 1. The summed E-state index contributed by atoms with van der Waals surface area (Å²) in [6, 6.07) is 10.7. The van der Waals surface area contributed by atoms with Crippen molar-refractivity contribution >= 4 is 23.1 Å². The van der Waals surface area contributed by atoms with Gasteiger partial charge in [0.15, 0.2) is 5.78 Å². The Morgan fingerprint density at radius 3 is 2.55 bits per heavy atom. The van der Waals surface area contributed by atoms with Gasteiger partial charge in [-0.15, -0.1) is 0 Å². The van der Waals surface area contributed by atoms with Crippen LogP contribution in [0.1, 0.15) is 34.3 Å². The summed E-state index contributed by atoms with van der Waals surface area (Å²) < 4.78 is 5.95. The van der Waals surface area contributed by atoms with Crippen molar-refractivity contribution in [2.24, 2.45) is 5.41 Å². The molecule has 1 saturated heterocycles. The maximum Gasteiger partial charge on any atom is 0.311 e. The molecule has 4 rings (SSSR count). The van der Waals surface area contributed by atoms with E-state index >= 15 is 0 Å². The zero-order valence-corrected chi connectivity index (χ0v) is 17.1. The van der Waals surface area contributed by atoms with E-state index in [1.807, 2.05) is 24.3 Å². The van der Waals surface area contributed by atoms with E-state index in [1.54, 1.807) is 13.0 Å². The number of ketones is 1. The Bertz CT molecular complexity index is 954. The molecule has 2 aliphatic rings. The molecule has 0 amide bonds. The van der Waals surface area contributed by atoms with Crippen LogP contribution >= 0.6 is 11.6 Å². The second-order valence-electron chi connectivity index (χ2n) is 8.10. The normalized spacial score (nSPS) is 21.7. The summed E-state index contributed by atoms with van der Waals surface area (Å²) in [5.41, 5.74) is 1.06. The van der Waals surface area contributed by atoms with Crippen LogP contribution in [-0.4, -0.2) is 41.8 Å². The average Bonchev–Trinajstić information content (AvgIpc) is 3.19. The molecular weight excluding hydrogens is 392 g/mol.